The van der Waals surface area contributed by atoms with Crippen molar-refractivity contribution in [2.45, 2.75) is 19.6 Å². The third-order valence-corrected chi connectivity index (χ3v) is 4.94. The Hall–Kier alpha value is -3.30. The van der Waals surface area contributed by atoms with Crippen LogP contribution in [0.4, 0.5) is 4.39 Å². The van der Waals surface area contributed by atoms with E-state index < -0.39 is 6.10 Å². The third-order valence-electron chi connectivity index (χ3n) is 4.94. The fourth-order valence-corrected chi connectivity index (χ4v) is 3.65. The summed E-state index contributed by atoms with van der Waals surface area (Å²) in [6.07, 6.45) is 2.41. The number of aromatic nitrogens is 6. The van der Waals surface area contributed by atoms with E-state index in [9.17, 15) is 9.50 Å². The van der Waals surface area contributed by atoms with Crippen molar-refractivity contribution in [3.05, 3.63) is 48.3 Å². The standard InChI is InChI=1S/C19H17FN6O2/c1-10-16(5-14-19(23-10)25(9-21-14)7-12(28)8-27)26-15-3-2-11(20)4-13(15)18-17(26)6-22-24-18/h2-6,9,12,27-28H,7-8H2,1H3,(H,22,24)/t12-/m0/s1. The fourth-order valence-electron chi connectivity index (χ4n) is 3.65. The molecule has 0 unspecified atom stereocenters. The van der Waals surface area contributed by atoms with Crippen molar-refractivity contribution >= 4 is 33.1 Å². The predicted octanol–water partition coefficient (Wildman–Crippen LogP) is 2.05. The average molecular weight is 380 g/mol. The fraction of sp³-hybridized carbons (Fsp3) is 0.211. The van der Waals surface area contributed by atoms with Gasteiger partial charge in [-0.25, -0.2) is 14.4 Å². The summed E-state index contributed by atoms with van der Waals surface area (Å²) < 4.78 is 17.5. The number of nitrogens with one attached hydrogen (secondary N) is 1. The van der Waals surface area contributed by atoms with Crippen LogP contribution in [0.3, 0.4) is 0 Å². The van der Waals surface area contributed by atoms with Gasteiger partial charge >= 0.3 is 0 Å². The number of pyridine rings is 1. The molecule has 5 rings (SSSR count). The number of benzene rings is 1. The molecule has 0 bridgehead atoms. The molecule has 0 radical (unpaired) electrons. The predicted molar refractivity (Wildman–Crippen MR) is 102 cm³/mol. The molecule has 28 heavy (non-hydrogen) atoms. The highest BCUT2D eigenvalue weighted by Crippen LogP contribution is 2.32. The highest BCUT2D eigenvalue weighted by atomic mass is 19.1. The molecule has 142 valence electrons. The molecule has 3 N–H and O–H groups in total. The molecule has 4 aromatic heterocycles. The van der Waals surface area contributed by atoms with Gasteiger partial charge < -0.3 is 19.3 Å². The van der Waals surface area contributed by atoms with Crippen LogP contribution in [0.5, 0.6) is 0 Å². The van der Waals surface area contributed by atoms with Gasteiger partial charge in [-0.1, -0.05) is 0 Å². The normalized spacial score (nSPS) is 13.1. The lowest BCUT2D eigenvalue weighted by Gasteiger charge is -2.12. The Balaban J connectivity index is 1.75. The van der Waals surface area contributed by atoms with Gasteiger partial charge in [0, 0.05) is 5.39 Å². The number of hydrogen-bond acceptors (Lipinski definition) is 5. The molecule has 0 aliphatic heterocycles. The summed E-state index contributed by atoms with van der Waals surface area (Å²) in [6.45, 7) is 1.76. The van der Waals surface area contributed by atoms with Crippen LogP contribution in [0.25, 0.3) is 38.8 Å². The van der Waals surface area contributed by atoms with E-state index in [1.807, 2.05) is 17.6 Å². The molecule has 1 atom stereocenters. The number of aliphatic hydroxyl groups is 2. The SMILES string of the molecule is Cc1nc2c(cc1-n1c3ccc(F)cc3c3[nH]ncc31)ncn2C[C@H](O)CO. The van der Waals surface area contributed by atoms with E-state index in [0.717, 1.165) is 33.3 Å². The van der Waals surface area contributed by atoms with Gasteiger partial charge in [-0.05, 0) is 31.2 Å². The van der Waals surface area contributed by atoms with E-state index in [-0.39, 0.29) is 19.0 Å². The number of aliphatic hydroxyl groups excluding tert-OH is 2. The van der Waals surface area contributed by atoms with Crippen molar-refractivity contribution in [1.29, 1.82) is 0 Å². The van der Waals surface area contributed by atoms with Crippen LogP contribution in [0, 0.1) is 12.7 Å². The smallest absolute Gasteiger partial charge is 0.160 e. The second-order valence-corrected chi connectivity index (χ2v) is 6.80. The van der Waals surface area contributed by atoms with Crippen molar-refractivity contribution in [3.8, 4) is 5.69 Å². The summed E-state index contributed by atoms with van der Waals surface area (Å²) in [5, 5.41) is 26.6. The van der Waals surface area contributed by atoms with E-state index in [4.69, 9.17) is 5.11 Å². The molecule has 9 heteroatoms. The number of nitrogens with zero attached hydrogens (tertiary/aromatic N) is 5. The summed E-state index contributed by atoms with van der Waals surface area (Å²) in [5.41, 5.74) is 5.26. The number of aromatic amines is 1. The second kappa shape index (κ2) is 6.11. The van der Waals surface area contributed by atoms with Crippen molar-refractivity contribution in [2.75, 3.05) is 6.61 Å². The van der Waals surface area contributed by atoms with Crippen LogP contribution in [0.15, 0.2) is 36.8 Å². The zero-order chi connectivity index (χ0) is 19.4. The Labute approximate surface area is 157 Å². The Morgan fingerprint density at radius 1 is 1.25 bits per heavy atom. The van der Waals surface area contributed by atoms with Gasteiger partial charge in [-0.3, -0.25) is 5.10 Å². The molecular weight excluding hydrogens is 363 g/mol. The van der Waals surface area contributed by atoms with E-state index in [1.54, 1.807) is 23.2 Å². The van der Waals surface area contributed by atoms with Gasteiger partial charge in [0.25, 0.3) is 0 Å². The first kappa shape index (κ1) is 16.8. The molecule has 0 saturated carbocycles. The zero-order valence-corrected chi connectivity index (χ0v) is 15.0. The molecular formula is C19H17FN6O2. The minimum Gasteiger partial charge on any atom is -0.394 e. The van der Waals surface area contributed by atoms with Crippen molar-refractivity contribution in [1.82, 2.24) is 29.3 Å². The van der Waals surface area contributed by atoms with Crippen LogP contribution in [0.1, 0.15) is 5.69 Å². The van der Waals surface area contributed by atoms with Crippen LogP contribution in [-0.4, -0.2) is 52.2 Å². The average Bonchev–Trinajstić information content (AvgIpc) is 3.36. The van der Waals surface area contributed by atoms with Gasteiger partial charge in [0.1, 0.15) is 11.3 Å². The van der Waals surface area contributed by atoms with E-state index in [2.05, 4.69) is 20.2 Å². The minimum absolute atomic E-state index is 0.205. The number of aryl methyl sites for hydroxylation is 1. The first-order valence-electron chi connectivity index (χ1n) is 8.81. The van der Waals surface area contributed by atoms with Crippen molar-refractivity contribution in [3.63, 3.8) is 0 Å². The number of halogens is 1. The second-order valence-electron chi connectivity index (χ2n) is 6.80. The Bertz CT molecular complexity index is 1330. The van der Waals surface area contributed by atoms with Crippen molar-refractivity contribution in [2.24, 2.45) is 0 Å². The zero-order valence-electron chi connectivity index (χ0n) is 15.0. The van der Waals surface area contributed by atoms with Crippen LogP contribution < -0.4 is 0 Å². The lowest BCUT2D eigenvalue weighted by atomic mass is 10.2. The van der Waals surface area contributed by atoms with E-state index in [1.165, 1.54) is 12.1 Å². The number of rotatable bonds is 4. The quantitative estimate of drug-likeness (QED) is 0.443. The van der Waals surface area contributed by atoms with Gasteiger partial charge in [0.05, 0.1) is 59.7 Å². The molecule has 0 aliphatic rings. The molecule has 0 spiro atoms. The topological polar surface area (TPSA) is 105 Å². The van der Waals surface area contributed by atoms with Gasteiger partial charge in [0.15, 0.2) is 5.65 Å². The summed E-state index contributed by atoms with van der Waals surface area (Å²) in [6, 6.07) is 6.56. The van der Waals surface area contributed by atoms with E-state index in [0.29, 0.717) is 11.2 Å². The monoisotopic (exact) mass is 380 g/mol. The lowest BCUT2D eigenvalue weighted by Crippen LogP contribution is -2.19. The van der Waals surface area contributed by atoms with Crippen LogP contribution in [-0.2, 0) is 6.54 Å². The maximum absolute atomic E-state index is 13.8. The summed E-state index contributed by atoms with van der Waals surface area (Å²) >= 11 is 0. The van der Waals surface area contributed by atoms with Crippen LogP contribution in [0.2, 0.25) is 0 Å². The minimum atomic E-state index is -0.881. The third kappa shape index (κ3) is 2.40. The lowest BCUT2D eigenvalue weighted by molar-refractivity contribution is 0.0820. The highest BCUT2D eigenvalue weighted by molar-refractivity contribution is 6.07. The van der Waals surface area contributed by atoms with E-state index >= 15 is 0 Å². The number of fused-ring (bicyclic) bond motifs is 4. The Morgan fingerprint density at radius 2 is 2.11 bits per heavy atom. The molecule has 8 nitrogen and oxygen atoms in total. The van der Waals surface area contributed by atoms with Crippen LogP contribution >= 0.6 is 0 Å². The molecule has 0 fully saturated rings. The van der Waals surface area contributed by atoms with Crippen molar-refractivity contribution < 1.29 is 14.6 Å². The molecule has 0 amide bonds. The highest BCUT2D eigenvalue weighted by Gasteiger charge is 2.18. The molecule has 0 saturated heterocycles. The first-order valence-corrected chi connectivity index (χ1v) is 8.81. The van der Waals surface area contributed by atoms with Gasteiger partial charge in [0.2, 0.25) is 0 Å². The Kier molecular flexibility index (Phi) is 3.68. The van der Waals surface area contributed by atoms with Gasteiger partial charge in [-0.2, -0.15) is 5.10 Å². The number of hydrogen-bond donors (Lipinski definition) is 3. The van der Waals surface area contributed by atoms with Gasteiger partial charge in [-0.15, -0.1) is 0 Å². The summed E-state index contributed by atoms with van der Waals surface area (Å²) in [7, 11) is 0. The molecule has 1 aromatic carbocycles. The molecule has 0 aliphatic carbocycles. The number of imidazole rings is 1. The first-order chi connectivity index (χ1) is 13.6. The summed E-state index contributed by atoms with van der Waals surface area (Å²) in [5.74, 6) is -0.312. The maximum atomic E-state index is 13.8. The molecule has 4 heterocycles. The molecule has 5 aromatic rings. The Morgan fingerprint density at radius 3 is 2.93 bits per heavy atom. The maximum Gasteiger partial charge on any atom is 0.160 e. The number of H-pyrrole nitrogens is 1. The largest absolute Gasteiger partial charge is 0.394 e. The summed E-state index contributed by atoms with van der Waals surface area (Å²) in [4.78, 5) is 9.07.